The average Bonchev–Trinajstić information content (AvgIpc) is 3.09. The van der Waals surface area contributed by atoms with E-state index in [-0.39, 0.29) is 5.82 Å². The van der Waals surface area contributed by atoms with E-state index >= 15 is 0 Å². The molecule has 3 nitrogen and oxygen atoms in total. The molecule has 0 radical (unpaired) electrons. The van der Waals surface area contributed by atoms with Gasteiger partial charge in [0.2, 0.25) is 0 Å². The molecule has 1 aromatic carbocycles. The molecule has 0 saturated carbocycles. The van der Waals surface area contributed by atoms with Gasteiger partial charge >= 0.3 is 0 Å². The normalized spacial score (nSPS) is 15.3. The second-order valence-electron chi connectivity index (χ2n) is 5.49. The van der Waals surface area contributed by atoms with Gasteiger partial charge in [0.1, 0.15) is 5.82 Å². The van der Waals surface area contributed by atoms with Crippen LogP contribution >= 0.6 is 11.3 Å². The summed E-state index contributed by atoms with van der Waals surface area (Å²) in [4.78, 5) is 8.07. The number of hydrogen-bond acceptors (Lipinski definition) is 4. The zero-order valence-corrected chi connectivity index (χ0v) is 13.2. The molecule has 0 fully saturated rings. The summed E-state index contributed by atoms with van der Waals surface area (Å²) in [6, 6.07) is 5.01. The first-order chi connectivity index (χ1) is 10.1. The summed E-state index contributed by atoms with van der Waals surface area (Å²) in [6.07, 6.45) is 1.98. The summed E-state index contributed by atoms with van der Waals surface area (Å²) in [6.45, 7) is 5.71. The van der Waals surface area contributed by atoms with Crippen LogP contribution in [0, 0.1) is 5.82 Å². The summed E-state index contributed by atoms with van der Waals surface area (Å²) < 4.78 is 13.5. The number of halogens is 1. The molecule has 3 rings (SSSR count). The lowest BCUT2D eigenvalue weighted by Gasteiger charge is -2.15. The highest BCUT2D eigenvalue weighted by Crippen LogP contribution is 2.39. The van der Waals surface area contributed by atoms with Gasteiger partial charge in [0.15, 0.2) is 5.13 Å². The fraction of sp³-hybridized carbons (Fsp3) is 0.438. The van der Waals surface area contributed by atoms with Crippen LogP contribution in [0.4, 0.5) is 15.2 Å². The van der Waals surface area contributed by atoms with Crippen LogP contribution in [0.15, 0.2) is 18.2 Å². The average molecular weight is 305 g/mol. The van der Waals surface area contributed by atoms with E-state index in [1.807, 2.05) is 6.07 Å². The van der Waals surface area contributed by atoms with Crippen LogP contribution in [0.25, 0.3) is 0 Å². The molecule has 1 aliphatic rings. The molecule has 1 atom stereocenters. The number of aromatic nitrogens is 1. The Morgan fingerprint density at radius 1 is 1.48 bits per heavy atom. The van der Waals surface area contributed by atoms with Gasteiger partial charge < -0.3 is 10.6 Å². The van der Waals surface area contributed by atoms with Crippen molar-refractivity contribution in [1.29, 1.82) is 0 Å². The molecule has 2 N–H and O–H groups in total. The van der Waals surface area contributed by atoms with Crippen LogP contribution in [-0.2, 0) is 13.0 Å². The van der Waals surface area contributed by atoms with Crippen molar-refractivity contribution in [2.45, 2.75) is 39.2 Å². The number of nitrogens with two attached hydrogens (primary N) is 1. The Balaban J connectivity index is 2.00. The maximum Gasteiger partial charge on any atom is 0.190 e. The Bertz CT molecular complexity index is 653. The van der Waals surface area contributed by atoms with Crippen molar-refractivity contribution in [3.8, 4) is 0 Å². The highest BCUT2D eigenvalue weighted by Gasteiger charge is 2.25. The van der Waals surface area contributed by atoms with Crippen molar-refractivity contribution < 1.29 is 4.39 Å². The minimum Gasteiger partial charge on any atom is -0.326 e. The lowest BCUT2D eigenvalue weighted by atomic mass is 10.0. The first-order valence-electron chi connectivity index (χ1n) is 7.39. The number of fused-ring (bicyclic) bond motifs is 1. The number of nitrogens with zero attached hydrogens (tertiary/aromatic N) is 2. The third-order valence-electron chi connectivity index (χ3n) is 4.15. The molecular formula is C16H20FN3S. The quantitative estimate of drug-likeness (QED) is 0.930. The van der Waals surface area contributed by atoms with E-state index < -0.39 is 0 Å². The van der Waals surface area contributed by atoms with E-state index in [9.17, 15) is 4.39 Å². The van der Waals surface area contributed by atoms with E-state index in [0.29, 0.717) is 12.5 Å². The molecule has 1 aliphatic heterocycles. The van der Waals surface area contributed by atoms with Gasteiger partial charge in [-0.2, -0.15) is 0 Å². The minimum absolute atomic E-state index is 0.196. The second kappa shape index (κ2) is 5.73. The zero-order chi connectivity index (χ0) is 15.0. The van der Waals surface area contributed by atoms with Crippen molar-refractivity contribution in [1.82, 2.24) is 4.98 Å². The SMILES string of the molecule is CCC(C)c1nc(N2CCc3ccc(F)cc32)sc1CN. The monoisotopic (exact) mass is 305 g/mol. The van der Waals surface area contributed by atoms with Gasteiger partial charge in [-0.25, -0.2) is 9.37 Å². The highest BCUT2D eigenvalue weighted by molar-refractivity contribution is 7.15. The second-order valence-corrected chi connectivity index (χ2v) is 6.56. The Morgan fingerprint density at radius 3 is 3.00 bits per heavy atom. The fourth-order valence-corrected chi connectivity index (χ4v) is 3.84. The van der Waals surface area contributed by atoms with Crippen LogP contribution in [0.3, 0.4) is 0 Å². The molecule has 1 aromatic heterocycles. The third kappa shape index (κ3) is 2.56. The van der Waals surface area contributed by atoms with E-state index in [0.717, 1.165) is 40.8 Å². The maximum atomic E-state index is 13.5. The zero-order valence-electron chi connectivity index (χ0n) is 12.4. The molecule has 1 unspecified atom stereocenters. The Hall–Kier alpha value is -1.46. The van der Waals surface area contributed by atoms with Crippen LogP contribution in [0.1, 0.15) is 42.3 Å². The first kappa shape index (κ1) is 14.5. The van der Waals surface area contributed by atoms with Gasteiger partial charge in [-0.05, 0) is 36.5 Å². The standard InChI is InChI=1S/C16H20FN3S/c1-3-10(2)15-14(9-18)21-16(19-15)20-7-6-11-4-5-12(17)8-13(11)20/h4-5,8,10H,3,6-7,9,18H2,1-2H3. The number of anilines is 2. The summed E-state index contributed by atoms with van der Waals surface area (Å²) >= 11 is 1.64. The Morgan fingerprint density at radius 2 is 2.29 bits per heavy atom. The number of benzene rings is 1. The third-order valence-corrected chi connectivity index (χ3v) is 5.27. The number of thiazole rings is 1. The molecule has 2 heterocycles. The fourth-order valence-electron chi connectivity index (χ4n) is 2.74. The lowest BCUT2D eigenvalue weighted by molar-refractivity contribution is 0.628. The predicted octanol–water partition coefficient (Wildman–Crippen LogP) is 3.95. The van der Waals surface area contributed by atoms with E-state index in [1.54, 1.807) is 17.4 Å². The van der Waals surface area contributed by atoms with E-state index in [1.165, 1.54) is 11.6 Å². The summed E-state index contributed by atoms with van der Waals surface area (Å²) in [7, 11) is 0. The van der Waals surface area contributed by atoms with Crippen molar-refractivity contribution in [2.75, 3.05) is 11.4 Å². The minimum atomic E-state index is -0.196. The van der Waals surface area contributed by atoms with Crippen molar-refractivity contribution in [3.63, 3.8) is 0 Å². The van der Waals surface area contributed by atoms with Gasteiger partial charge in [-0.15, -0.1) is 0 Å². The van der Waals surface area contributed by atoms with Gasteiger partial charge in [-0.3, -0.25) is 0 Å². The van der Waals surface area contributed by atoms with Gasteiger partial charge in [0.05, 0.1) is 5.69 Å². The van der Waals surface area contributed by atoms with Crippen LogP contribution in [0.5, 0.6) is 0 Å². The number of hydrogen-bond donors (Lipinski definition) is 1. The lowest BCUT2D eigenvalue weighted by Crippen LogP contribution is -2.13. The van der Waals surface area contributed by atoms with Crippen molar-refractivity contribution in [2.24, 2.45) is 5.73 Å². The predicted molar refractivity (Wildman–Crippen MR) is 85.8 cm³/mol. The molecule has 5 heteroatoms. The van der Waals surface area contributed by atoms with Crippen LogP contribution in [-0.4, -0.2) is 11.5 Å². The molecule has 112 valence electrons. The molecule has 21 heavy (non-hydrogen) atoms. The first-order valence-corrected chi connectivity index (χ1v) is 8.21. The van der Waals surface area contributed by atoms with Crippen LogP contribution < -0.4 is 10.6 Å². The maximum absolute atomic E-state index is 13.5. The van der Waals surface area contributed by atoms with Gasteiger partial charge in [-0.1, -0.05) is 31.3 Å². The van der Waals surface area contributed by atoms with E-state index in [2.05, 4.69) is 18.7 Å². The molecule has 0 amide bonds. The van der Waals surface area contributed by atoms with Crippen molar-refractivity contribution >= 4 is 22.2 Å². The largest absolute Gasteiger partial charge is 0.326 e. The summed E-state index contributed by atoms with van der Waals surface area (Å²) in [5.41, 5.74) is 9.10. The Kier molecular flexibility index (Phi) is 3.95. The molecule has 2 aromatic rings. The van der Waals surface area contributed by atoms with Gasteiger partial charge in [0.25, 0.3) is 0 Å². The van der Waals surface area contributed by atoms with Crippen LogP contribution in [0.2, 0.25) is 0 Å². The topological polar surface area (TPSA) is 42.2 Å². The molecule has 0 saturated heterocycles. The number of rotatable bonds is 4. The summed E-state index contributed by atoms with van der Waals surface area (Å²) in [5, 5.41) is 0.940. The van der Waals surface area contributed by atoms with Crippen molar-refractivity contribution in [3.05, 3.63) is 40.2 Å². The summed E-state index contributed by atoms with van der Waals surface area (Å²) in [5.74, 6) is 0.210. The highest BCUT2D eigenvalue weighted by atomic mass is 32.1. The van der Waals surface area contributed by atoms with E-state index in [4.69, 9.17) is 10.7 Å². The molecule has 0 aliphatic carbocycles. The smallest absolute Gasteiger partial charge is 0.190 e. The Labute approximate surface area is 128 Å². The molecular weight excluding hydrogens is 285 g/mol. The molecule has 0 bridgehead atoms. The molecule has 0 spiro atoms. The van der Waals surface area contributed by atoms with Gasteiger partial charge in [0, 0.05) is 23.7 Å².